The van der Waals surface area contributed by atoms with E-state index in [0.717, 1.165) is 5.56 Å². The van der Waals surface area contributed by atoms with E-state index in [2.05, 4.69) is 5.32 Å². The summed E-state index contributed by atoms with van der Waals surface area (Å²) >= 11 is 0. The number of aryl methyl sites for hydroxylation is 1. The van der Waals surface area contributed by atoms with Crippen molar-refractivity contribution in [2.75, 3.05) is 13.1 Å². The van der Waals surface area contributed by atoms with Crippen LogP contribution in [-0.4, -0.2) is 31.7 Å². The van der Waals surface area contributed by atoms with E-state index in [0.29, 0.717) is 11.1 Å². The lowest BCUT2D eigenvalue weighted by Crippen LogP contribution is -2.52. The van der Waals surface area contributed by atoms with Gasteiger partial charge in [0.1, 0.15) is 11.9 Å². The molecule has 0 aromatic heterocycles. The molecule has 1 amide bonds. The molecule has 0 aliphatic carbocycles. The van der Waals surface area contributed by atoms with Gasteiger partial charge in [0.2, 0.25) is 15.9 Å². The van der Waals surface area contributed by atoms with Crippen molar-refractivity contribution < 1.29 is 17.6 Å². The lowest BCUT2D eigenvalue weighted by atomic mass is 10.0. The summed E-state index contributed by atoms with van der Waals surface area (Å²) in [6.07, 6.45) is 0. The summed E-state index contributed by atoms with van der Waals surface area (Å²) in [4.78, 5) is 12.3. The van der Waals surface area contributed by atoms with Crippen molar-refractivity contribution in [1.82, 2.24) is 9.62 Å². The van der Waals surface area contributed by atoms with Gasteiger partial charge in [0.15, 0.2) is 0 Å². The molecule has 2 aromatic rings. The first-order valence-electron chi connectivity index (χ1n) is 7.95. The molecule has 7 heteroatoms. The number of carbonyl (C=O) groups excluding carboxylic acids is 1. The first-order chi connectivity index (χ1) is 11.9. The Hall–Kier alpha value is -2.25. The minimum atomic E-state index is -3.71. The van der Waals surface area contributed by atoms with Gasteiger partial charge >= 0.3 is 0 Å². The van der Waals surface area contributed by atoms with Crippen LogP contribution in [0, 0.1) is 12.7 Å². The Bertz CT molecular complexity index is 881. The fourth-order valence-electron chi connectivity index (χ4n) is 3.00. The van der Waals surface area contributed by atoms with Gasteiger partial charge in [-0.2, -0.15) is 4.31 Å². The van der Waals surface area contributed by atoms with Crippen molar-refractivity contribution in [3.05, 3.63) is 71.0 Å². The number of carbonyl (C=O) groups is 1. The van der Waals surface area contributed by atoms with Crippen LogP contribution in [0.4, 0.5) is 4.39 Å². The van der Waals surface area contributed by atoms with Gasteiger partial charge in [-0.15, -0.1) is 0 Å². The molecule has 5 nitrogen and oxygen atoms in total. The predicted molar refractivity (Wildman–Crippen MR) is 92.7 cm³/mol. The van der Waals surface area contributed by atoms with Gasteiger partial charge < -0.3 is 5.32 Å². The molecule has 1 atom stereocenters. The standard InChI is InChI=1S/C18H19FN2O3S/c1-13-3-2-4-14(11-13)12-25(23,24)21-10-9-20-18(22)17(21)15-5-7-16(19)8-6-15/h2-8,11,17H,9-10,12H2,1H3,(H,20,22). The molecule has 132 valence electrons. The quantitative estimate of drug-likeness (QED) is 0.906. The second-order valence-corrected chi connectivity index (χ2v) is 8.02. The third-order valence-electron chi connectivity index (χ3n) is 4.14. The smallest absolute Gasteiger partial charge is 0.243 e. The number of amides is 1. The van der Waals surface area contributed by atoms with Crippen LogP contribution < -0.4 is 5.32 Å². The maximum absolute atomic E-state index is 13.2. The summed E-state index contributed by atoms with van der Waals surface area (Å²) in [6, 6.07) is 11.6. The van der Waals surface area contributed by atoms with Gasteiger partial charge in [0, 0.05) is 13.1 Å². The van der Waals surface area contributed by atoms with E-state index in [1.807, 2.05) is 19.1 Å². The monoisotopic (exact) mass is 362 g/mol. The third kappa shape index (κ3) is 3.88. The maximum atomic E-state index is 13.2. The summed E-state index contributed by atoms with van der Waals surface area (Å²) in [5, 5.41) is 2.68. The van der Waals surface area contributed by atoms with Crippen molar-refractivity contribution in [3.63, 3.8) is 0 Å². The lowest BCUT2D eigenvalue weighted by Gasteiger charge is -2.34. The lowest BCUT2D eigenvalue weighted by molar-refractivity contribution is -0.126. The van der Waals surface area contributed by atoms with Crippen LogP contribution in [0.5, 0.6) is 0 Å². The van der Waals surface area contributed by atoms with Crippen molar-refractivity contribution >= 4 is 15.9 Å². The molecule has 0 saturated carbocycles. The number of benzene rings is 2. The Balaban J connectivity index is 1.93. The van der Waals surface area contributed by atoms with Gasteiger partial charge in [-0.25, -0.2) is 12.8 Å². The van der Waals surface area contributed by atoms with Crippen molar-refractivity contribution in [2.45, 2.75) is 18.7 Å². The number of nitrogens with one attached hydrogen (secondary N) is 1. The molecule has 1 unspecified atom stereocenters. The highest BCUT2D eigenvalue weighted by Gasteiger charge is 2.38. The molecule has 25 heavy (non-hydrogen) atoms. The van der Waals surface area contributed by atoms with Crippen molar-refractivity contribution in [2.24, 2.45) is 0 Å². The summed E-state index contributed by atoms with van der Waals surface area (Å²) in [6.45, 7) is 2.33. The van der Waals surface area contributed by atoms with Gasteiger partial charge in [0.05, 0.1) is 5.75 Å². The van der Waals surface area contributed by atoms with E-state index in [1.165, 1.54) is 28.6 Å². The third-order valence-corrected chi connectivity index (χ3v) is 5.95. The van der Waals surface area contributed by atoms with E-state index in [-0.39, 0.29) is 18.8 Å². The molecule has 0 radical (unpaired) electrons. The largest absolute Gasteiger partial charge is 0.353 e. The Morgan fingerprint density at radius 3 is 2.60 bits per heavy atom. The molecule has 1 aliphatic rings. The predicted octanol–water partition coefficient (Wildman–Crippen LogP) is 2.14. The average Bonchev–Trinajstić information content (AvgIpc) is 2.55. The van der Waals surface area contributed by atoms with Gasteiger partial charge in [-0.1, -0.05) is 42.0 Å². The van der Waals surface area contributed by atoms with Crippen LogP contribution in [0.15, 0.2) is 48.5 Å². The van der Waals surface area contributed by atoms with Gasteiger partial charge in [-0.05, 0) is 30.2 Å². The highest BCUT2D eigenvalue weighted by atomic mass is 32.2. The van der Waals surface area contributed by atoms with Crippen LogP contribution in [0.25, 0.3) is 0 Å². The number of piperazine rings is 1. The SMILES string of the molecule is Cc1cccc(CS(=O)(=O)N2CCNC(=O)C2c2ccc(F)cc2)c1. The molecule has 1 saturated heterocycles. The fraction of sp³-hybridized carbons (Fsp3) is 0.278. The van der Waals surface area contributed by atoms with Crippen LogP contribution in [-0.2, 0) is 20.6 Å². The van der Waals surface area contributed by atoms with Crippen molar-refractivity contribution in [3.8, 4) is 0 Å². The maximum Gasteiger partial charge on any atom is 0.243 e. The van der Waals surface area contributed by atoms with E-state index in [1.54, 1.807) is 12.1 Å². The topological polar surface area (TPSA) is 66.5 Å². The average molecular weight is 362 g/mol. The zero-order valence-electron chi connectivity index (χ0n) is 13.8. The van der Waals surface area contributed by atoms with Crippen LogP contribution in [0.1, 0.15) is 22.7 Å². The Kier molecular flexibility index (Phi) is 4.87. The van der Waals surface area contributed by atoms with E-state index >= 15 is 0 Å². The first kappa shape index (κ1) is 17.6. The molecule has 3 rings (SSSR count). The Morgan fingerprint density at radius 1 is 1.20 bits per heavy atom. The number of nitrogens with zero attached hydrogens (tertiary/aromatic N) is 1. The van der Waals surface area contributed by atoms with Crippen LogP contribution in [0.3, 0.4) is 0 Å². The summed E-state index contributed by atoms with van der Waals surface area (Å²) < 4.78 is 40.3. The van der Waals surface area contributed by atoms with Crippen LogP contribution >= 0.6 is 0 Å². The summed E-state index contributed by atoms with van der Waals surface area (Å²) in [5.41, 5.74) is 2.09. The zero-order chi connectivity index (χ0) is 18.0. The van der Waals surface area contributed by atoms with Gasteiger partial charge in [-0.3, -0.25) is 4.79 Å². The highest BCUT2D eigenvalue weighted by Crippen LogP contribution is 2.28. The molecule has 0 bridgehead atoms. The van der Waals surface area contributed by atoms with E-state index < -0.39 is 27.8 Å². The molecule has 1 aliphatic heterocycles. The molecular weight excluding hydrogens is 343 g/mol. The number of halogens is 1. The minimum absolute atomic E-state index is 0.181. The molecule has 1 heterocycles. The molecule has 1 fully saturated rings. The van der Waals surface area contributed by atoms with E-state index in [9.17, 15) is 17.6 Å². The Labute approximate surface area is 146 Å². The molecular formula is C18H19FN2O3S. The first-order valence-corrected chi connectivity index (χ1v) is 9.56. The van der Waals surface area contributed by atoms with Crippen molar-refractivity contribution in [1.29, 1.82) is 0 Å². The zero-order valence-corrected chi connectivity index (χ0v) is 14.6. The van der Waals surface area contributed by atoms with E-state index in [4.69, 9.17) is 0 Å². The Morgan fingerprint density at radius 2 is 1.92 bits per heavy atom. The molecule has 0 spiro atoms. The van der Waals surface area contributed by atoms with Gasteiger partial charge in [0.25, 0.3) is 0 Å². The number of hydrogen-bond donors (Lipinski definition) is 1. The molecule has 1 N–H and O–H groups in total. The summed E-state index contributed by atoms with van der Waals surface area (Å²) in [7, 11) is -3.71. The second kappa shape index (κ2) is 6.93. The molecule has 2 aromatic carbocycles. The number of sulfonamides is 1. The second-order valence-electron chi connectivity index (χ2n) is 6.10. The number of hydrogen-bond acceptors (Lipinski definition) is 3. The highest BCUT2D eigenvalue weighted by molar-refractivity contribution is 7.88. The minimum Gasteiger partial charge on any atom is -0.353 e. The fourth-order valence-corrected chi connectivity index (χ4v) is 4.68. The normalized spacial score (nSPS) is 18.8. The van der Waals surface area contributed by atoms with Crippen LogP contribution in [0.2, 0.25) is 0 Å². The number of rotatable bonds is 4. The summed E-state index contributed by atoms with van der Waals surface area (Å²) in [5.74, 6) is -1.01.